The highest BCUT2D eigenvalue weighted by Crippen LogP contribution is 2.25. The van der Waals surface area contributed by atoms with E-state index in [1.807, 2.05) is 0 Å². The summed E-state index contributed by atoms with van der Waals surface area (Å²) in [5, 5.41) is 3.35. The number of anilines is 1. The first-order valence-corrected chi connectivity index (χ1v) is 10.6. The normalized spacial score (nSPS) is 10.5. The molecule has 0 saturated heterocycles. The standard InChI is InChI=1S/C22H25Cl2N3O4/c1-14(2)11-12-31-19-6-4-3-5-16(19)22(30)27-26-21(29)10-9-20(28)25-18-8-7-15(23)13-17(18)24/h3-8,13-14H,9-12H2,1-2H3,(H,25,28)(H,26,29)(H,27,30). The zero-order chi connectivity index (χ0) is 22.8. The first-order valence-electron chi connectivity index (χ1n) is 9.82. The van der Waals surface area contributed by atoms with Crippen molar-refractivity contribution in [2.24, 2.45) is 5.92 Å². The van der Waals surface area contributed by atoms with Crippen LogP contribution in [0.3, 0.4) is 0 Å². The molecule has 31 heavy (non-hydrogen) atoms. The molecule has 0 heterocycles. The van der Waals surface area contributed by atoms with E-state index >= 15 is 0 Å². The molecular weight excluding hydrogens is 441 g/mol. The molecule has 3 N–H and O–H groups in total. The van der Waals surface area contributed by atoms with Crippen LogP contribution in [0.2, 0.25) is 10.0 Å². The maximum absolute atomic E-state index is 12.4. The average molecular weight is 466 g/mol. The zero-order valence-electron chi connectivity index (χ0n) is 17.3. The second-order valence-corrected chi connectivity index (χ2v) is 8.05. The zero-order valence-corrected chi connectivity index (χ0v) is 18.8. The van der Waals surface area contributed by atoms with Crippen molar-refractivity contribution < 1.29 is 19.1 Å². The summed E-state index contributed by atoms with van der Waals surface area (Å²) in [6.07, 6.45) is 0.648. The number of nitrogens with one attached hydrogen (secondary N) is 3. The van der Waals surface area contributed by atoms with Gasteiger partial charge in [-0.15, -0.1) is 0 Å². The first-order chi connectivity index (χ1) is 14.8. The third-order valence-electron chi connectivity index (χ3n) is 4.18. The highest BCUT2D eigenvalue weighted by molar-refractivity contribution is 6.36. The smallest absolute Gasteiger partial charge is 0.273 e. The highest BCUT2D eigenvalue weighted by atomic mass is 35.5. The van der Waals surface area contributed by atoms with Crippen molar-refractivity contribution in [3.8, 4) is 5.75 Å². The predicted octanol–water partition coefficient (Wildman–Crippen LogP) is 4.60. The number of amides is 3. The number of hydrazine groups is 1. The summed E-state index contributed by atoms with van der Waals surface area (Å²) in [5.74, 6) is -0.494. The Morgan fingerprint density at radius 1 is 0.968 bits per heavy atom. The average Bonchev–Trinajstić information content (AvgIpc) is 2.72. The van der Waals surface area contributed by atoms with E-state index in [4.69, 9.17) is 27.9 Å². The monoisotopic (exact) mass is 465 g/mol. The lowest BCUT2D eigenvalue weighted by atomic mass is 10.1. The molecule has 166 valence electrons. The van der Waals surface area contributed by atoms with Crippen molar-refractivity contribution in [2.75, 3.05) is 11.9 Å². The molecule has 3 amide bonds. The summed E-state index contributed by atoms with van der Waals surface area (Å²) < 4.78 is 5.68. The molecule has 0 unspecified atom stereocenters. The Bertz CT molecular complexity index is 935. The number of hydrogen-bond donors (Lipinski definition) is 3. The number of halogens is 2. The molecule has 0 aromatic heterocycles. The van der Waals surface area contributed by atoms with E-state index in [-0.39, 0.29) is 12.8 Å². The van der Waals surface area contributed by atoms with Crippen LogP contribution in [0.5, 0.6) is 5.75 Å². The maximum Gasteiger partial charge on any atom is 0.273 e. The van der Waals surface area contributed by atoms with Gasteiger partial charge in [0.1, 0.15) is 5.75 Å². The lowest BCUT2D eigenvalue weighted by Gasteiger charge is -2.13. The number of carbonyl (C=O) groups excluding carboxylic acids is 3. The van der Waals surface area contributed by atoms with Gasteiger partial charge in [-0.2, -0.15) is 0 Å². The van der Waals surface area contributed by atoms with Gasteiger partial charge in [0.2, 0.25) is 11.8 Å². The molecule has 9 heteroatoms. The van der Waals surface area contributed by atoms with Gasteiger partial charge < -0.3 is 10.1 Å². The van der Waals surface area contributed by atoms with Gasteiger partial charge >= 0.3 is 0 Å². The predicted molar refractivity (Wildman–Crippen MR) is 121 cm³/mol. The number of ether oxygens (including phenoxy) is 1. The number of para-hydroxylation sites is 1. The molecule has 0 aliphatic rings. The van der Waals surface area contributed by atoms with E-state index in [0.717, 1.165) is 6.42 Å². The molecule has 0 atom stereocenters. The Hall–Kier alpha value is -2.77. The third kappa shape index (κ3) is 8.47. The second-order valence-electron chi connectivity index (χ2n) is 7.20. The van der Waals surface area contributed by atoms with Crippen molar-refractivity contribution in [3.05, 3.63) is 58.1 Å². The quantitative estimate of drug-likeness (QED) is 0.471. The van der Waals surface area contributed by atoms with Gasteiger partial charge in [-0.05, 0) is 42.7 Å². The summed E-state index contributed by atoms with van der Waals surface area (Å²) >= 11 is 11.8. The van der Waals surface area contributed by atoms with Crippen molar-refractivity contribution in [2.45, 2.75) is 33.1 Å². The molecule has 2 rings (SSSR count). The Kier molecular flexibility index (Phi) is 9.62. The number of rotatable bonds is 9. The summed E-state index contributed by atoms with van der Waals surface area (Å²) in [7, 11) is 0. The lowest BCUT2D eigenvalue weighted by molar-refractivity contribution is -0.124. The van der Waals surface area contributed by atoms with E-state index in [0.29, 0.717) is 39.6 Å². The van der Waals surface area contributed by atoms with Gasteiger partial charge in [-0.1, -0.05) is 49.2 Å². The largest absolute Gasteiger partial charge is 0.493 e. The molecule has 0 spiro atoms. The van der Waals surface area contributed by atoms with Gasteiger partial charge in [-0.25, -0.2) is 0 Å². The minimum atomic E-state index is -0.510. The van der Waals surface area contributed by atoms with E-state index in [1.54, 1.807) is 36.4 Å². The molecule has 0 aliphatic carbocycles. The van der Waals surface area contributed by atoms with Gasteiger partial charge in [0, 0.05) is 17.9 Å². The summed E-state index contributed by atoms with van der Waals surface area (Å²) in [4.78, 5) is 36.4. The minimum absolute atomic E-state index is 0.0877. The van der Waals surface area contributed by atoms with Crippen LogP contribution < -0.4 is 20.9 Å². The van der Waals surface area contributed by atoms with Gasteiger partial charge in [0.05, 0.1) is 22.9 Å². The van der Waals surface area contributed by atoms with Crippen molar-refractivity contribution >= 4 is 46.6 Å². The molecule has 7 nitrogen and oxygen atoms in total. The van der Waals surface area contributed by atoms with Gasteiger partial charge in [0.15, 0.2) is 0 Å². The third-order valence-corrected chi connectivity index (χ3v) is 4.73. The molecule has 2 aromatic rings. The summed E-state index contributed by atoms with van der Waals surface area (Å²) in [6, 6.07) is 11.5. The number of carbonyl (C=O) groups is 3. The molecule has 0 radical (unpaired) electrons. The molecule has 0 bridgehead atoms. The van der Waals surface area contributed by atoms with Crippen LogP contribution >= 0.6 is 23.2 Å². The Morgan fingerprint density at radius 3 is 2.39 bits per heavy atom. The lowest BCUT2D eigenvalue weighted by Crippen LogP contribution is -2.42. The fourth-order valence-electron chi connectivity index (χ4n) is 2.47. The molecule has 2 aromatic carbocycles. The molecular formula is C22H25Cl2N3O4. The maximum atomic E-state index is 12.4. The van der Waals surface area contributed by atoms with E-state index in [9.17, 15) is 14.4 Å². The van der Waals surface area contributed by atoms with Crippen LogP contribution in [-0.4, -0.2) is 24.3 Å². The summed E-state index contributed by atoms with van der Waals surface area (Å²) in [5.41, 5.74) is 5.35. The van der Waals surface area contributed by atoms with Crippen molar-refractivity contribution in [1.29, 1.82) is 0 Å². The Balaban J connectivity index is 1.79. The second kappa shape index (κ2) is 12.2. The molecule has 0 fully saturated rings. The number of benzene rings is 2. The van der Waals surface area contributed by atoms with Crippen LogP contribution in [0, 0.1) is 5.92 Å². The SMILES string of the molecule is CC(C)CCOc1ccccc1C(=O)NNC(=O)CCC(=O)Nc1ccc(Cl)cc1Cl. The first kappa shape index (κ1) is 24.5. The van der Waals surface area contributed by atoms with Crippen molar-refractivity contribution in [1.82, 2.24) is 10.9 Å². The minimum Gasteiger partial charge on any atom is -0.493 e. The van der Waals surface area contributed by atoms with E-state index in [1.165, 1.54) is 6.07 Å². The number of hydrogen-bond acceptors (Lipinski definition) is 4. The topological polar surface area (TPSA) is 96.5 Å². The van der Waals surface area contributed by atoms with Crippen LogP contribution in [0.15, 0.2) is 42.5 Å². The molecule has 0 saturated carbocycles. The van der Waals surface area contributed by atoms with E-state index < -0.39 is 17.7 Å². The van der Waals surface area contributed by atoms with Crippen molar-refractivity contribution in [3.63, 3.8) is 0 Å². The van der Waals surface area contributed by atoms with Crippen LogP contribution in [-0.2, 0) is 9.59 Å². The fraction of sp³-hybridized carbons (Fsp3) is 0.318. The van der Waals surface area contributed by atoms with Crippen LogP contribution in [0.25, 0.3) is 0 Å². The Morgan fingerprint density at radius 2 is 1.68 bits per heavy atom. The van der Waals surface area contributed by atoms with Gasteiger partial charge in [0.25, 0.3) is 5.91 Å². The summed E-state index contributed by atoms with van der Waals surface area (Å²) in [6.45, 7) is 4.66. The van der Waals surface area contributed by atoms with Crippen LogP contribution in [0.1, 0.15) is 43.5 Å². The fourth-order valence-corrected chi connectivity index (χ4v) is 2.93. The highest BCUT2D eigenvalue weighted by Gasteiger charge is 2.14. The van der Waals surface area contributed by atoms with E-state index in [2.05, 4.69) is 30.0 Å². The molecule has 0 aliphatic heterocycles. The van der Waals surface area contributed by atoms with Crippen LogP contribution in [0.4, 0.5) is 5.69 Å². The Labute approximate surface area is 191 Å². The van der Waals surface area contributed by atoms with Gasteiger partial charge in [-0.3, -0.25) is 25.2 Å².